The minimum absolute atomic E-state index is 0.0242. The zero-order chi connectivity index (χ0) is 18.4. The van der Waals surface area contributed by atoms with Crippen molar-refractivity contribution in [3.63, 3.8) is 0 Å². The summed E-state index contributed by atoms with van der Waals surface area (Å²) in [4.78, 5) is 28.6. The van der Waals surface area contributed by atoms with E-state index in [1.165, 1.54) is 0 Å². The average Bonchev–Trinajstić information content (AvgIpc) is 2.61. The summed E-state index contributed by atoms with van der Waals surface area (Å²) in [5.41, 5.74) is 1.91. The molecule has 0 aliphatic carbocycles. The van der Waals surface area contributed by atoms with Gasteiger partial charge in [0.15, 0.2) is 5.78 Å². The number of carbonyl (C=O) groups is 2. The topological polar surface area (TPSA) is 40.6 Å². The van der Waals surface area contributed by atoms with Gasteiger partial charge in [0.2, 0.25) is 5.91 Å². The number of Topliss-reactive ketones (excluding diaryl/α,β-unsaturated/α-hetero) is 1. The Labute approximate surface area is 152 Å². The van der Waals surface area contributed by atoms with Crippen molar-refractivity contribution in [3.05, 3.63) is 29.8 Å². The summed E-state index contributed by atoms with van der Waals surface area (Å²) in [6.07, 6.45) is 2.78. The van der Waals surface area contributed by atoms with Crippen molar-refractivity contribution in [1.29, 1.82) is 0 Å². The van der Waals surface area contributed by atoms with Crippen LogP contribution in [0.2, 0.25) is 0 Å². The van der Waals surface area contributed by atoms with Crippen LogP contribution in [0.1, 0.15) is 57.3 Å². The SMILES string of the molecule is CC(C)CCCC(=O)N1CCN(c2ccc(C(=O)C(C)C)cc2)CC1. The molecule has 1 amide bonds. The van der Waals surface area contributed by atoms with E-state index in [-0.39, 0.29) is 17.6 Å². The zero-order valence-corrected chi connectivity index (χ0v) is 16.1. The van der Waals surface area contributed by atoms with Gasteiger partial charge in [-0.3, -0.25) is 9.59 Å². The molecule has 0 N–H and O–H groups in total. The summed E-state index contributed by atoms with van der Waals surface area (Å²) < 4.78 is 0. The molecule has 1 fully saturated rings. The van der Waals surface area contributed by atoms with Gasteiger partial charge in [-0.15, -0.1) is 0 Å². The van der Waals surface area contributed by atoms with Gasteiger partial charge in [0.25, 0.3) is 0 Å². The monoisotopic (exact) mass is 344 g/mol. The van der Waals surface area contributed by atoms with Gasteiger partial charge in [-0.25, -0.2) is 0 Å². The van der Waals surface area contributed by atoms with Crippen molar-refractivity contribution < 1.29 is 9.59 Å². The maximum atomic E-state index is 12.3. The first-order valence-electron chi connectivity index (χ1n) is 9.55. The highest BCUT2D eigenvalue weighted by Gasteiger charge is 2.21. The highest BCUT2D eigenvalue weighted by Crippen LogP contribution is 2.19. The van der Waals surface area contributed by atoms with Crippen LogP contribution >= 0.6 is 0 Å². The van der Waals surface area contributed by atoms with E-state index in [4.69, 9.17) is 0 Å². The summed E-state index contributed by atoms with van der Waals surface area (Å²) in [5.74, 6) is 1.16. The second-order valence-corrected chi connectivity index (χ2v) is 7.72. The number of anilines is 1. The van der Waals surface area contributed by atoms with Crippen molar-refractivity contribution in [2.24, 2.45) is 11.8 Å². The fourth-order valence-corrected chi connectivity index (χ4v) is 3.20. The van der Waals surface area contributed by atoms with Gasteiger partial charge >= 0.3 is 0 Å². The summed E-state index contributed by atoms with van der Waals surface area (Å²) in [7, 11) is 0. The Morgan fingerprint density at radius 2 is 1.56 bits per heavy atom. The molecule has 25 heavy (non-hydrogen) atoms. The van der Waals surface area contributed by atoms with E-state index in [2.05, 4.69) is 18.7 Å². The molecule has 4 nitrogen and oxygen atoms in total. The van der Waals surface area contributed by atoms with Crippen LogP contribution in [0.4, 0.5) is 5.69 Å². The van der Waals surface area contributed by atoms with Crippen molar-refractivity contribution in [2.45, 2.75) is 47.0 Å². The van der Waals surface area contributed by atoms with E-state index in [0.717, 1.165) is 50.3 Å². The van der Waals surface area contributed by atoms with Crippen molar-refractivity contribution in [1.82, 2.24) is 4.90 Å². The fourth-order valence-electron chi connectivity index (χ4n) is 3.20. The van der Waals surface area contributed by atoms with Gasteiger partial charge < -0.3 is 9.80 Å². The predicted octanol–water partition coefficient (Wildman–Crippen LogP) is 4.00. The molecule has 1 aromatic carbocycles. The van der Waals surface area contributed by atoms with E-state index in [9.17, 15) is 9.59 Å². The number of piperazine rings is 1. The van der Waals surface area contributed by atoms with Crippen LogP contribution in [0.5, 0.6) is 0 Å². The highest BCUT2D eigenvalue weighted by atomic mass is 16.2. The molecule has 2 rings (SSSR count). The van der Waals surface area contributed by atoms with E-state index >= 15 is 0 Å². The third-order valence-corrected chi connectivity index (χ3v) is 4.85. The molecule has 0 atom stereocenters. The summed E-state index contributed by atoms with van der Waals surface area (Å²) in [5, 5.41) is 0. The molecule has 0 spiro atoms. The average molecular weight is 344 g/mol. The predicted molar refractivity (Wildman–Crippen MR) is 103 cm³/mol. The minimum atomic E-state index is 0.0242. The molecule has 1 aliphatic heterocycles. The van der Waals surface area contributed by atoms with Crippen LogP contribution in [0.25, 0.3) is 0 Å². The third-order valence-electron chi connectivity index (χ3n) is 4.85. The highest BCUT2D eigenvalue weighted by molar-refractivity contribution is 5.97. The number of nitrogens with zero attached hydrogens (tertiary/aromatic N) is 2. The van der Waals surface area contributed by atoms with E-state index < -0.39 is 0 Å². The Hall–Kier alpha value is -1.84. The van der Waals surface area contributed by atoms with Crippen LogP contribution in [-0.2, 0) is 4.79 Å². The summed E-state index contributed by atoms with van der Waals surface area (Å²) in [6, 6.07) is 7.88. The maximum Gasteiger partial charge on any atom is 0.222 e. The quantitative estimate of drug-likeness (QED) is 0.702. The number of benzene rings is 1. The lowest BCUT2D eigenvalue weighted by Gasteiger charge is -2.36. The molecule has 0 saturated carbocycles. The number of carbonyl (C=O) groups excluding carboxylic acids is 2. The Morgan fingerprint density at radius 1 is 0.960 bits per heavy atom. The molecule has 0 bridgehead atoms. The summed E-state index contributed by atoms with van der Waals surface area (Å²) in [6.45, 7) is 11.5. The van der Waals surface area contributed by atoms with Gasteiger partial charge in [0.1, 0.15) is 0 Å². The Balaban J connectivity index is 1.83. The lowest BCUT2D eigenvalue weighted by atomic mass is 10.0. The normalized spacial score (nSPS) is 15.1. The molecular formula is C21H32N2O2. The lowest BCUT2D eigenvalue weighted by Crippen LogP contribution is -2.48. The van der Waals surface area contributed by atoms with E-state index in [1.54, 1.807) is 0 Å². The van der Waals surface area contributed by atoms with Crippen LogP contribution in [-0.4, -0.2) is 42.8 Å². The molecular weight excluding hydrogens is 312 g/mol. The molecule has 1 aromatic rings. The Bertz CT molecular complexity index is 570. The van der Waals surface area contributed by atoms with E-state index in [0.29, 0.717) is 12.3 Å². The number of hydrogen-bond donors (Lipinski definition) is 0. The lowest BCUT2D eigenvalue weighted by molar-refractivity contribution is -0.131. The standard InChI is InChI=1S/C21H32N2O2/c1-16(2)6-5-7-20(24)23-14-12-22(13-15-23)19-10-8-18(9-11-19)21(25)17(3)4/h8-11,16-17H,5-7,12-15H2,1-4H3. The van der Waals surface area contributed by atoms with Crippen LogP contribution in [0.3, 0.4) is 0 Å². The molecule has 0 radical (unpaired) electrons. The van der Waals surface area contributed by atoms with Gasteiger partial charge in [-0.05, 0) is 36.6 Å². The molecule has 4 heteroatoms. The molecule has 0 unspecified atom stereocenters. The van der Waals surface area contributed by atoms with Crippen molar-refractivity contribution >= 4 is 17.4 Å². The van der Waals surface area contributed by atoms with Crippen LogP contribution in [0, 0.1) is 11.8 Å². The first-order chi connectivity index (χ1) is 11.9. The fraction of sp³-hybridized carbons (Fsp3) is 0.619. The number of hydrogen-bond acceptors (Lipinski definition) is 3. The van der Waals surface area contributed by atoms with Gasteiger partial charge in [0, 0.05) is 49.8 Å². The van der Waals surface area contributed by atoms with Crippen LogP contribution < -0.4 is 4.90 Å². The van der Waals surface area contributed by atoms with E-state index in [1.807, 2.05) is 43.0 Å². The minimum Gasteiger partial charge on any atom is -0.368 e. The third kappa shape index (κ3) is 5.58. The summed E-state index contributed by atoms with van der Waals surface area (Å²) >= 11 is 0. The molecule has 1 saturated heterocycles. The second-order valence-electron chi connectivity index (χ2n) is 7.72. The van der Waals surface area contributed by atoms with Crippen LogP contribution in [0.15, 0.2) is 24.3 Å². The maximum absolute atomic E-state index is 12.3. The number of ketones is 1. The zero-order valence-electron chi connectivity index (χ0n) is 16.1. The molecule has 138 valence electrons. The number of rotatable bonds is 7. The van der Waals surface area contributed by atoms with Crippen molar-refractivity contribution in [2.75, 3.05) is 31.1 Å². The smallest absolute Gasteiger partial charge is 0.222 e. The van der Waals surface area contributed by atoms with Gasteiger partial charge in [-0.1, -0.05) is 34.1 Å². The Kier molecular flexibility index (Phi) is 7.03. The molecule has 1 aliphatic rings. The first kappa shape index (κ1) is 19.5. The first-order valence-corrected chi connectivity index (χ1v) is 9.55. The van der Waals surface area contributed by atoms with Crippen molar-refractivity contribution in [3.8, 4) is 0 Å². The Morgan fingerprint density at radius 3 is 2.08 bits per heavy atom. The largest absolute Gasteiger partial charge is 0.368 e. The van der Waals surface area contributed by atoms with Gasteiger partial charge in [0.05, 0.1) is 0 Å². The molecule has 1 heterocycles. The molecule has 0 aromatic heterocycles. The number of amides is 1. The van der Waals surface area contributed by atoms with Gasteiger partial charge in [-0.2, -0.15) is 0 Å². The second kappa shape index (κ2) is 9.02.